The maximum Gasteiger partial charge on any atom is 0.254 e. The van der Waals surface area contributed by atoms with Crippen molar-refractivity contribution < 1.29 is 14.0 Å². The van der Waals surface area contributed by atoms with Crippen molar-refractivity contribution in [3.63, 3.8) is 0 Å². The number of likely N-dealkylation sites (tertiary alicyclic amines) is 1. The summed E-state index contributed by atoms with van der Waals surface area (Å²) < 4.78 is 5.92. The summed E-state index contributed by atoms with van der Waals surface area (Å²) in [5, 5.41) is 11.3. The monoisotopic (exact) mass is 544 g/mol. The van der Waals surface area contributed by atoms with Gasteiger partial charge in [-0.05, 0) is 68.9 Å². The Morgan fingerprint density at radius 3 is 2.59 bits per heavy atom. The van der Waals surface area contributed by atoms with Gasteiger partial charge in [-0.1, -0.05) is 30.3 Å². The van der Waals surface area contributed by atoms with Crippen LogP contribution in [-0.2, 0) is 24.8 Å². The number of hydrogen-bond acceptors (Lipinski definition) is 8. The van der Waals surface area contributed by atoms with Gasteiger partial charge >= 0.3 is 0 Å². The van der Waals surface area contributed by atoms with E-state index < -0.39 is 11.4 Å². The smallest absolute Gasteiger partial charge is 0.254 e. The van der Waals surface area contributed by atoms with E-state index >= 15 is 0 Å². The molecule has 0 saturated carbocycles. The molecule has 9 nitrogen and oxygen atoms in total. The number of rotatable bonds is 9. The summed E-state index contributed by atoms with van der Waals surface area (Å²) in [6.45, 7) is 4.46. The fraction of sp³-hybridized carbons (Fsp3) is 0.345. The van der Waals surface area contributed by atoms with Crippen LogP contribution >= 0.6 is 11.3 Å². The molecule has 4 aromatic rings. The van der Waals surface area contributed by atoms with Crippen LogP contribution in [0.2, 0.25) is 0 Å². The Kier molecular flexibility index (Phi) is 7.58. The fourth-order valence-corrected chi connectivity index (χ4v) is 5.93. The molecule has 0 spiro atoms. The maximum atomic E-state index is 13.6. The zero-order chi connectivity index (χ0) is 27.6. The molecule has 10 heteroatoms. The Morgan fingerprint density at radius 2 is 1.87 bits per heavy atom. The van der Waals surface area contributed by atoms with Gasteiger partial charge in [0.1, 0.15) is 5.01 Å². The Hall–Kier alpha value is -3.89. The molecule has 2 aromatic carbocycles. The van der Waals surface area contributed by atoms with Gasteiger partial charge in [-0.2, -0.15) is 0 Å². The lowest BCUT2D eigenvalue weighted by Gasteiger charge is -2.23. The molecule has 5 rings (SSSR count). The van der Waals surface area contributed by atoms with E-state index in [9.17, 15) is 9.59 Å². The molecule has 3 heterocycles. The highest BCUT2D eigenvalue weighted by Crippen LogP contribution is 2.35. The number of primary amides is 1. The molecule has 0 bridgehead atoms. The minimum absolute atomic E-state index is 0.0600. The maximum absolute atomic E-state index is 13.6. The first-order valence-electron chi connectivity index (χ1n) is 13.0. The Labute approximate surface area is 231 Å². The van der Waals surface area contributed by atoms with Gasteiger partial charge < -0.3 is 20.8 Å². The number of hydrogen-bond donors (Lipinski definition) is 2. The number of thiazole rings is 1. The zero-order valence-electron chi connectivity index (χ0n) is 22.1. The SMILES string of the molecule is Cc1csc(C2CCCN2C(=O)c2cc(CCc3nnc(C(C)(N)Cc4ccccc4)o3)cc(C(N)=O)c2)n1. The molecule has 1 aliphatic heterocycles. The lowest BCUT2D eigenvalue weighted by Crippen LogP contribution is -2.35. The van der Waals surface area contributed by atoms with Crippen LogP contribution in [-0.4, -0.2) is 38.4 Å². The van der Waals surface area contributed by atoms with E-state index in [1.807, 2.05) is 60.5 Å². The van der Waals surface area contributed by atoms with Crippen LogP contribution in [0.25, 0.3) is 0 Å². The van der Waals surface area contributed by atoms with Crippen LogP contribution < -0.4 is 11.5 Å². The van der Waals surface area contributed by atoms with Crippen molar-refractivity contribution >= 4 is 23.2 Å². The summed E-state index contributed by atoms with van der Waals surface area (Å²) in [5.74, 6) is 0.0836. The predicted octanol–water partition coefficient (Wildman–Crippen LogP) is 4.11. The lowest BCUT2D eigenvalue weighted by molar-refractivity contribution is 0.0735. The number of nitrogens with two attached hydrogens (primary N) is 2. The second-order valence-corrected chi connectivity index (χ2v) is 11.2. The topological polar surface area (TPSA) is 141 Å². The van der Waals surface area contributed by atoms with E-state index in [-0.39, 0.29) is 11.9 Å². The van der Waals surface area contributed by atoms with E-state index in [4.69, 9.17) is 15.9 Å². The van der Waals surface area contributed by atoms with Crippen molar-refractivity contribution in [2.45, 2.75) is 57.5 Å². The molecule has 202 valence electrons. The van der Waals surface area contributed by atoms with Crippen molar-refractivity contribution in [3.05, 3.63) is 98.6 Å². The van der Waals surface area contributed by atoms with Crippen LogP contribution in [0.5, 0.6) is 0 Å². The summed E-state index contributed by atoms with van der Waals surface area (Å²) in [7, 11) is 0. The average molecular weight is 545 g/mol. The van der Waals surface area contributed by atoms with Crippen LogP contribution in [0.4, 0.5) is 0 Å². The summed E-state index contributed by atoms with van der Waals surface area (Å²) in [4.78, 5) is 32.2. The molecule has 1 aliphatic rings. The van der Waals surface area contributed by atoms with Crippen LogP contribution in [0, 0.1) is 6.92 Å². The highest BCUT2D eigenvalue weighted by Gasteiger charge is 2.33. The van der Waals surface area contributed by atoms with Crippen molar-refractivity contribution in [1.82, 2.24) is 20.1 Å². The molecular weight excluding hydrogens is 512 g/mol. The number of carbonyl (C=O) groups excluding carboxylic acids is 2. The van der Waals surface area contributed by atoms with Crippen molar-refractivity contribution in [2.75, 3.05) is 6.54 Å². The first kappa shape index (κ1) is 26.7. The summed E-state index contributed by atoms with van der Waals surface area (Å²) in [6, 6.07) is 15.0. The van der Waals surface area contributed by atoms with Gasteiger partial charge in [0.2, 0.25) is 17.7 Å². The molecule has 2 unspecified atom stereocenters. The number of aromatic nitrogens is 3. The number of nitrogens with zero attached hydrogens (tertiary/aromatic N) is 4. The van der Waals surface area contributed by atoms with Crippen molar-refractivity contribution in [3.8, 4) is 0 Å². The van der Waals surface area contributed by atoms with Gasteiger partial charge in [-0.25, -0.2) is 4.98 Å². The Balaban J connectivity index is 1.31. The molecule has 0 radical (unpaired) electrons. The second kappa shape index (κ2) is 11.1. The van der Waals surface area contributed by atoms with Gasteiger partial charge in [0.05, 0.1) is 11.6 Å². The van der Waals surface area contributed by atoms with Crippen LogP contribution in [0.1, 0.15) is 80.1 Å². The molecule has 39 heavy (non-hydrogen) atoms. The van der Waals surface area contributed by atoms with E-state index in [2.05, 4.69) is 15.2 Å². The molecule has 2 amide bonds. The first-order chi connectivity index (χ1) is 18.7. The number of benzene rings is 2. The van der Waals surface area contributed by atoms with E-state index in [1.54, 1.807) is 23.5 Å². The van der Waals surface area contributed by atoms with Gasteiger partial charge in [-0.15, -0.1) is 21.5 Å². The predicted molar refractivity (Wildman–Crippen MR) is 148 cm³/mol. The quantitative estimate of drug-likeness (QED) is 0.323. The summed E-state index contributed by atoms with van der Waals surface area (Å²) in [5.41, 5.74) is 14.9. The minimum atomic E-state index is -0.819. The molecule has 2 atom stereocenters. The third-order valence-electron chi connectivity index (χ3n) is 6.96. The molecule has 0 aliphatic carbocycles. The van der Waals surface area contributed by atoms with Crippen LogP contribution in [0.3, 0.4) is 0 Å². The molecule has 1 fully saturated rings. The molecular formula is C29H32N6O3S. The number of aryl methyl sites for hydroxylation is 3. The number of carbonyl (C=O) groups is 2. The average Bonchev–Trinajstić information content (AvgIpc) is 3.68. The molecule has 4 N–H and O–H groups in total. The fourth-order valence-electron chi connectivity index (χ4n) is 4.99. The van der Waals surface area contributed by atoms with Gasteiger partial charge in [-0.3, -0.25) is 9.59 Å². The summed E-state index contributed by atoms with van der Waals surface area (Å²) >= 11 is 1.57. The third kappa shape index (κ3) is 6.07. The second-order valence-electron chi connectivity index (χ2n) is 10.3. The van der Waals surface area contributed by atoms with E-state index in [1.165, 1.54) is 0 Å². The highest BCUT2D eigenvalue weighted by atomic mass is 32.1. The lowest BCUT2D eigenvalue weighted by atomic mass is 9.94. The largest absolute Gasteiger partial charge is 0.423 e. The van der Waals surface area contributed by atoms with Gasteiger partial charge in [0.25, 0.3) is 5.91 Å². The van der Waals surface area contributed by atoms with E-state index in [0.717, 1.165) is 34.7 Å². The normalized spacial score (nSPS) is 16.8. The standard InChI is InChI=1S/C29H32N6O3S/c1-18-17-39-26(32-18)23-9-6-12-35(23)27(37)22-14-20(13-21(15-22)25(30)36)10-11-24-33-34-28(38-24)29(2,31)16-19-7-4-3-5-8-19/h3-5,7-8,13-15,17,23H,6,9-12,16,31H2,1-2H3,(H2,30,36). The molecule has 2 aromatic heterocycles. The summed E-state index contributed by atoms with van der Waals surface area (Å²) in [6.07, 6.45) is 3.24. The number of amides is 2. The molecule has 1 saturated heterocycles. The first-order valence-corrected chi connectivity index (χ1v) is 13.9. The van der Waals surface area contributed by atoms with Crippen molar-refractivity contribution in [2.24, 2.45) is 11.5 Å². The van der Waals surface area contributed by atoms with Crippen molar-refractivity contribution in [1.29, 1.82) is 0 Å². The van der Waals surface area contributed by atoms with Gasteiger partial charge in [0, 0.05) is 35.2 Å². The van der Waals surface area contributed by atoms with E-state index in [0.29, 0.717) is 48.7 Å². The highest BCUT2D eigenvalue weighted by molar-refractivity contribution is 7.09. The third-order valence-corrected chi connectivity index (χ3v) is 8.02. The minimum Gasteiger partial charge on any atom is -0.423 e. The van der Waals surface area contributed by atoms with Gasteiger partial charge in [0.15, 0.2) is 0 Å². The van der Waals surface area contributed by atoms with Crippen LogP contribution in [0.15, 0.2) is 58.3 Å². The zero-order valence-corrected chi connectivity index (χ0v) is 22.9. The Bertz CT molecular complexity index is 1480. The Morgan fingerprint density at radius 1 is 1.10 bits per heavy atom.